The third-order valence-corrected chi connectivity index (χ3v) is 7.11. The second-order valence-corrected chi connectivity index (χ2v) is 9.29. The smallest absolute Gasteiger partial charge is 0.234 e. The summed E-state index contributed by atoms with van der Waals surface area (Å²) in [6.07, 6.45) is 6.05. The van der Waals surface area contributed by atoms with Gasteiger partial charge in [0.15, 0.2) is 0 Å². The van der Waals surface area contributed by atoms with Crippen molar-refractivity contribution in [2.45, 2.75) is 57.8 Å². The van der Waals surface area contributed by atoms with Gasteiger partial charge in [-0.05, 0) is 61.6 Å². The molecule has 3 aliphatic rings. The van der Waals surface area contributed by atoms with E-state index in [1.807, 2.05) is 12.1 Å². The number of carbonyl (C=O) groups is 3. The van der Waals surface area contributed by atoms with E-state index in [-0.39, 0.29) is 17.7 Å². The summed E-state index contributed by atoms with van der Waals surface area (Å²) in [6.45, 7) is 6.06. The van der Waals surface area contributed by atoms with Crippen LogP contribution in [-0.4, -0.2) is 48.8 Å². The second-order valence-electron chi connectivity index (χ2n) is 9.29. The molecule has 3 heterocycles. The zero-order valence-corrected chi connectivity index (χ0v) is 17.9. The van der Waals surface area contributed by atoms with E-state index in [2.05, 4.69) is 34.2 Å². The molecule has 1 aromatic carbocycles. The van der Waals surface area contributed by atoms with Gasteiger partial charge in [0.1, 0.15) is 0 Å². The molecular formula is C24H33N3O3. The summed E-state index contributed by atoms with van der Waals surface area (Å²) in [6, 6.07) is 8.20. The minimum Gasteiger partial charge on any atom is -0.372 e. The van der Waals surface area contributed by atoms with Crippen molar-refractivity contribution in [3.63, 3.8) is 0 Å². The van der Waals surface area contributed by atoms with Crippen LogP contribution in [0.5, 0.6) is 0 Å². The molecular weight excluding hydrogens is 378 g/mol. The van der Waals surface area contributed by atoms with Crippen LogP contribution in [-0.2, 0) is 14.4 Å². The van der Waals surface area contributed by atoms with Crippen molar-refractivity contribution in [1.29, 1.82) is 0 Å². The quantitative estimate of drug-likeness (QED) is 0.773. The van der Waals surface area contributed by atoms with Gasteiger partial charge in [0.05, 0.1) is 5.92 Å². The molecule has 1 atom stereocenters. The summed E-state index contributed by atoms with van der Waals surface area (Å²) in [5, 5.41) is 2.43. The van der Waals surface area contributed by atoms with Crippen LogP contribution in [0.25, 0.3) is 0 Å². The molecule has 0 radical (unpaired) electrons. The Balaban J connectivity index is 1.26. The highest BCUT2D eigenvalue weighted by Gasteiger charge is 2.29. The zero-order valence-electron chi connectivity index (χ0n) is 17.9. The van der Waals surface area contributed by atoms with Gasteiger partial charge in [0.25, 0.3) is 0 Å². The Hall–Kier alpha value is -2.37. The standard InChI is InChI=1S/C24H33N3O3/c1-17-8-12-27(13-9-17)23(29)16-18-10-14-26(15-11-18)20-4-2-19(3-5-20)21-6-7-22(28)25-24(21)30/h2-5,17-18,21H,6-16H2,1H3,(H,25,28,30). The maximum Gasteiger partial charge on any atom is 0.234 e. The molecule has 0 bridgehead atoms. The van der Waals surface area contributed by atoms with Crippen molar-refractivity contribution < 1.29 is 14.4 Å². The van der Waals surface area contributed by atoms with Crippen molar-refractivity contribution in [2.24, 2.45) is 11.8 Å². The van der Waals surface area contributed by atoms with Crippen LogP contribution < -0.4 is 10.2 Å². The maximum absolute atomic E-state index is 12.6. The Morgan fingerprint density at radius 3 is 2.27 bits per heavy atom. The molecule has 1 aromatic rings. The molecule has 0 aromatic heterocycles. The average Bonchev–Trinajstić information content (AvgIpc) is 2.75. The lowest BCUT2D eigenvalue weighted by atomic mass is 9.90. The van der Waals surface area contributed by atoms with E-state index in [1.165, 1.54) is 5.69 Å². The lowest BCUT2D eigenvalue weighted by Gasteiger charge is -2.35. The minimum atomic E-state index is -0.230. The number of benzene rings is 1. The van der Waals surface area contributed by atoms with E-state index in [0.717, 1.165) is 63.3 Å². The first-order chi connectivity index (χ1) is 14.5. The molecule has 3 amide bonds. The van der Waals surface area contributed by atoms with E-state index >= 15 is 0 Å². The van der Waals surface area contributed by atoms with Crippen molar-refractivity contribution in [3.8, 4) is 0 Å². The number of nitrogens with zero attached hydrogens (tertiary/aromatic N) is 2. The molecule has 0 aliphatic carbocycles. The molecule has 30 heavy (non-hydrogen) atoms. The number of imide groups is 1. The fourth-order valence-corrected chi connectivity index (χ4v) is 4.96. The summed E-state index contributed by atoms with van der Waals surface area (Å²) in [5.41, 5.74) is 2.14. The molecule has 3 aliphatic heterocycles. The molecule has 6 nitrogen and oxygen atoms in total. The molecule has 1 N–H and O–H groups in total. The number of hydrogen-bond acceptors (Lipinski definition) is 4. The Morgan fingerprint density at radius 2 is 1.63 bits per heavy atom. The van der Waals surface area contributed by atoms with E-state index in [1.54, 1.807) is 0 Å². The minimum absolute atomic E-state index is 0.177. The normalized spacial score (nSPS) is 24.1. The number of likely N-dealkylation sites (tertiary alicyclic amines) is 1. The van der Waals surface area contributed by atoms with Crippen LogP contribution in [0.3, 0.4) is 0 Å². The second kappa shape index (κ2) is 9.19. The number of carbonyl (C=O) groups excluding carboxylic acids is 3. The van der Waals surface area contributed by atoms with E-state index < -0.39 is 0 Å². The number of hydrogen-bond donors (Lipinski definition) is 1. The number of anilines is 1. The van der Waals surface area contributed by atoms with Crippen LogP contribution in [0.4, 0.5) is 5.69 Å². The SMILES string of the molecule is CC1CCN(C(=O)CC2CCN(c3ccc(C4CCC(=O)NC4=O)cc3)CC2)CC1. The topological polar surface area (TPSA) is 69.7 Å². The molecule has 162 valence electrons. The number of nitrogens with one attached hydrogen (secondary N) is 1. The summed E-state index contributed by atoms with van der Waals surface area (Å²) >= 11 is 0. The largest absolute Gasteiger partial charge is 0.372 e. The van der Waals surface area contributed by atoms with Gasteiger partial charge in [0, 0.05) is 44.7 Å². The molecule has 1 unspecified atom stereocenters. The first-order valence-electron chi connectivity index (χ1n) is 11.5. The fourth-order valence-electron chi connectivity index (χ4n) is 4.96. The fraction of sp³-hybridized carbons (Fsp3) is 0.625. The predicted molar refractivity (Wildman–Crippen MR) is 116 cm³/mol. The van der Waals surface area contributed by atoms with Crippen LogP contribution in [0, 0.1) is 11.8 Å². The maximum atomic E-state index is 12.6. The van der Waals surface area contributed by atoms with E-state index in [4.69, 9.17) is 0 Å². The predicted octanol–water partition coefficient (Wildman–Crippen LogP) is 3.07. The van der Waals surface area contributed by atoms with Gasteiger partial charge < -0.3 is 9.80 Å². The monoisotopic (exact) mass is 411 g/mol. The molecule has 3 fully saturated rings. The van der Waals surface area contributed by atoms with Crippen LogP contribution in [0.2, 0.25) is 0 Å². The Labute approximate surface area is 179 Å². The van der Waals surface area contributed by atoms with Gasteiger partial charge in [-0.1, -0.05) is 19.1 Å². The highest BCUT2D eigenvalue weighted by atomic mass is 16.2. The Bertz CT molecular complexity index is 775. The average molecular weight is 412 g/mol. The number of rotatable bonds is 4. The summed E-state index contributed by atoms with van der Waals surface area (Å²) < 4.78 is 0. The van der Waals surface area contributed by atoms with Crippen molar-refractivity contribution in [1.82, 2.24) is 10.2 Å². The van der Waals surface area contributed by atoms with Crippen molar-refractivity contribution in [3.05, 3.63) is 29.8 Å². The molecule has 4 rings (SSSR count). The summed E-state index contributed by atoms with van der Waals surface area (Å²) in [7, 11) is 0. The number of piperidine rings is 3. The third kappa shape index (κ3) is 4.85. The van der Waals surface area contributed by atoms with Crippen molar-refractivity contribution in [2.75, 3.05) is 31.1 Å². The van der Waals surface area contributed by atoms with Gasteiger partial charge in [-0.15, -0.1) is 0 Å². The lowest BCUT2D eigenvalue weighted by molar-refractivity contribution is -0.135. The highest BCUT2D eigenvalue weighted by Crippen LogP contribution is 2.30. The summed E-state index contributed by atoms with van der Waals surface area (Å²) in [5.74, 6) is 0.978. The van der Waals surface area contributed by atoms with E-state index in [0.29, 0.717) is 31.1 Å². The lowest BCUT2D eigenvalue weighted by Crippen LogP contribution is -2.40. The van der Waals surface area contributed by atoms with Gasteiger partial charge in [-0.25, -0.2) is 0 Å². The number of amides is 3. The first kappa shape index (κ1) is 20.9. The van der Waals surface area contributed by atoms with Gasteiger partial charge in [-0.2, -0.15) is 0 Å². The highest BCUT2D eigenvalue weighted by molar-refractivity contribution is 6.00. The van der Waals surface area contributed by atoms with Gasteiger partial charge in [-0.3, -0.25) is 19.7 Å². The van der Waals surface area contributed by atoms with Crippen LogP contribution >= 0.6 is 0 Å². The van der Waals surface area contributed by atoms with Crippen LogP contribution in [0.1, 0.15) is 63.4 Å². The van der Waals surface area contributed by atoms with Gasteiger partial charge in [0.2, 0.25) is 17.7 Å². The van der Waals surface area contributed by atoms with E-state index in [9.17, 15) is 14.4 Å². The van der Waals surface area contributed by atoms with Crippen LogP contribution in [0.15, 0.2) is 24.3 Å². The molecule has 0 saturated carbocycles. The Morgan fingerprint density at radius 1 is 0.967 bits per heavy atom. The Kier molecular flexibility index (Phi) is 6.40. The summed E-state index contributed by atoms with van der Waals surface area (Å²) in [4.78, 5) is 40.5. The molecule has 0 spiro atoms. The molecule has 6 heteroatoms. The first-order valence-corrected chi connectivity index (χ1v) is 11.5. The van der Waals surface area contributed by atoms with Gasteiger partial charge >= 0.3 is 0 Å². The van der Waals surface area contributed by atoms with Crippen molar-refractivity contribution >= 4 is 23.4 Å². The molecule has 3 saturated heterocycles. The zero-order chi connectivity index (χ0) is 21.1. The third-order valence-electron chi connectivity index (χ3n) is 7.11.